The topological polar surface area (TPSA) is 67.4 Å². The Bertz CT molecular complexity index is 1090. The maximum absolute atomic E-state index is 13.0. The molecule has 0 heterocycles. The van der Waals surface area contributed by atoms with Crippen molar-refractivity contribution in [2.24, 2.45) is 5.92 Å². The summed E-state index contributed by atoms with van der Waals surface area (Å²) in [5.41, 5.74) is 4.21. The van der Waals surface area contributed by atoms with E-state index >= 15 is 0 Å². The molecule has 31 heavy (non-hydrogen) atoms. The van der Waals surface area contributed by atoms with Gasteiger partial charge < -0.3 is 15.4 Å². The molecule has 0 aliphatic carbocycles. The molecule has 3 rings (SSSR count). The second kappa shape index (κ2) is 9.94. The summed E-state index contributed by atoms with van der Waals surface area (Å²) in [6.45, 7) is 8.63. The Morgan fingerprint density at radius 3 is 2.16 bits per heavy atom. The van der Waals surface area contributed by atoms with Crippen molar-refractivity contribution < 1.29 is 14.3 Å². The van der Waals surface area contributed by atoms with E-state index < -0.39 is 0 Å². The van der Waals surface area contributed by atoms with Gasteiger partial charge >= 0.3 is 0 Å². The fraction of sp³-hybridized carbons (Fsp3) is 0.231. The first kappa shape index (κ1) is 22.1. The third-order valence-electron chi connectivity index (χ3n) is 4.89. The van der Waals surface area contributed by atoms with Crippen LogP contribution in [0.2, 0.25) is 0 Å². The molecule has 5 heteroatoms. The molecule has 3 aromatic carbocycles. The quantitative estimate of drug-likeness (QED) is 0.508. The largest absolute Gasteiger partial charge is 0.492 e. The van der Waals surface area contributed by atoms with E-state index in [9.17, 15) is 9.59 Å². The van der Waals surface area contributed by atoms with Gasteiger partial charge in [-0.15, -0.1) is 0 Å². The van der Waals surface area contributed by atoms with E-state index in [0.29, 0.717) is 40.8 Å². The summed E-state index contributed by atoms with van der Waals surface area (Å²) in [6.07, 6.45) is 0. The van der Waals surface area contributed by atoms with E-state index in [2.05, 4.69) is 10.6 Å². The zero-order valence-electron chi connectivity index (χ0n) is 18.4. The van der Waals surface area contributed by atoms with Crippen molar-refractivity contribution in [1.82, 2.24) is 0 Å². The zero-order valence-corrected chi connectivity index (χ0v) is 18.4. The molecule has 5 nitrogen and oxygen atoms in total. The standard InChI is InChI=1S/C26H28N2O3/c1-17(2)16-31-24-12-8-6-10-22(24)26(30)28-23-11-7-5-9-21(23)25(29)27-20-14-13-18(3)19(4)15-20/h5-15,17H,16H2,1-4H3,(H,27,29)(H,28,30). The molecule has 0 radical (unpaired) electrons. The second-order valence-corrected chi connectivity index (χ2v) is 7.95. The maximum atomic E-state index is 13.0. The molecule has 0 saturated carbocycles. The number of para-hydroxylation sites is 2. The van der Waals surface area contributed by atoms with Crippen molar-refractivity contribution in [3.05, 3.63) is 89.0 Å². The Kier molecular flexibility index (Phi) is 7.08. The Morgan fingerprint density at radius 1 is 0.806 bits per heavy atom. The number of hydrogen-bond acceptors (Lipinski definition) is 3. The van der Waals surface area contributed by atoms with Gasteiger partial charge in [0, 0.05) is 5.69 Å². The summed E-state index contributed by atoms with van der Waals surface area (Å²) in [5.74, 6) is 0.242. The molecular formula is C26H28N2O3. The monoisotopic (exact) mass is 416 g/mol. The number of nitrogens with one attached hydrogen (secondary N) is 2. The van der Waals surface area contributed by atoms with E-state index in [0.717, 1.165) is 11.1 Å². The van der Waals surface area contributed by atoms with Crippen LogP contribution in [0.5, 0.6) is 5.75 Å². The molecule has 0 aliphatic heterocycles. The van der Waals surface area contributed by atoms with Gasteiger partial charge in [0.15, 0.2) is 0 Å². The third kappa shape index (κ3) is 5.72. The average molecular weight is 417 g/mol. The van der Waals surface area contributed by atoms with Crippen molar-refractivity contribution in [3.8, 4) is 5.75 Å². The molecule has 0 spiro atoms. The fourth-order valence-electron chi connectivity index (χ4n) is 3.03. The minimum atomic E-state index is -0.328. The van der Waals surface area contributed by atoms with Gasteiger partial charge in [0.05, 0.1) is 23.4 Å². The molecule has 160 valence electrons. The highest BCUT2D eigenvalue weighted by Gasteiger charge is 2.17. The van der Waals surface area contributed by atoms with E-state index in [4.69, 9.17) is 4.74 Å². The maximum Gasteiger partial charge on any atom is 0.259 e. The molecule has 0 bridgehead atoms. The number of carbonyl (C=O) groups is 2. The first-order valence-corrected chi connectivity index (χ1v) is 10.4. The van der Waals surface area contributed by atoms with E-state index in [1.165, 1.54) is 0 Å². The van der Waals surface area contributed by atoms with Gasteiger partial charge in [-0.05, 0) is 67.3 Å². The van der Waals surface area contributed by atoms with Crippen LogP contribution in [-0.4, -0.2) is 18.4 Å². The number of anilines is 2. The highest BCUT2D eigenvalue weighted by Crippen LogP contribution is 2.23. The molecule has 0 fully saturated rings. The fourth-order valence-corrected chi connectivity index (χ4v) is 3.03. The number of amides is 2. The Hall–Kier alpha value is -3.60. The highest BCUT2D eigenvalue weighted by molar-refractivity contribution is 6.13. The molecular weight excluding hydrogens is 388 g/mol. The van der Waals surface area contributed by atoms with Crippen LogP contribution in [0.25, 0.3) is 0 Å². The summed E-state index contributed by atoms with van der Waals surface area (Å²) in [4.78, 5) is 25.9. The van der Waals surface area contributed by atoms with Crippen molar-refractivity contribution in [3.63, 3.8) is 0 Å². The minimum Gasteiger partial charge on any atom is -0.492 e. The summed E-state index contributed by atoms with van der Waals surface area (Å²) in [6, 6.07) is 19.8. The van der Waals surface area contributed by atoms with Crippen LogP contribution in [0.3, 0.4) is 0 Å². The van der Waals surface area contributed by atoms with Gasteiger partial charge in [-0.1, -0.05) is 44.2 Å². The average Bonchev–Trinajstić information content (AvgIpc) is 2.75. The normalized spacial score (nSPS) is 10.6. The summed E-state index contributed by atoms with van der Waals surface area (Å²) < 4.78 is 5.79. The van der Waals surface area contributed by atoms with E-state index in [1.54, 1.807) is 42.5 Å². The molecule has 0 unspecified atom stereocenters. The molecule has 0 aliphatic rings. The number of hydrogen-bond donors (Lipinski definition) is 2. The summed E-state index contributed by atoms with van der Waals surface area (Å²) in [7, 11) is 0. The van der Waals surface area contributed by atoms with Crippen molar-refractivity contribution in [2.75, 3.05) is 17.2 Å². The molecule has 0 atom stereocenters. The van der Waals surface area contributed by atoms with E-state index in [-0.39, 0.29) is 11.8 Å². The van der Waals surface area contributed by atoms with Crippen LogP contribution >= 0.6 is 0 Å². The number of rotatable bonds is 7. The highest BCUT2D eigenvalue weighted by atomic mass is 16.5. The second-order valence-electron chi connectivity index (χ2n) is 7.95. The zero-order chi connectivity index (χ0) is 22.4. The van der Waals surface area contributed by atoms with Crippen LogP contribution in [0.1, 0.15) is 45.7 Å². The number of benzene rings is 3. The van der Waals surface area contributed by atoms with Gasteiger partial charge in [-0.3, -0.25) is 9.59 Å². The lowest BCUT2D eigenvalue weighted by molar-refractivity contribution is 0.102. The molecule has 0 saturated heterocycles. The van der Waals surface area contributed by atoms with Crippen LogP contribution in [-0.2, 0) is 0 Å². The first-order valence-electron chi connectivity index (χ1n) is 10.4. The Morgan fingerprint density at radius 2 is 1.45 bits per heavy atom. The first-order chi connectivity index (χ1) is 14.8. The number of carbonyl (C=O) groups excluding carboxylic acids is 2. The van der Waals surface area contributed by atoms with Crippen LogP contribution in [0.15, 0.2) is 66.7 Å². The third-order valence-corrected chi connectivity index (χ3v) is 4.89. The number of aryl methyl sites for hydroxylation is 2. The summed E-state index contributed by atoms with van der Waals surface area (Å²) >= 11 is 0. The molecule has 2 amide bonds. The van der Waals surface area contributed by atoms with Crippen molar-refractivity contribution in [2.45, 2.75) is 27.7 Å². The smallest absolute Gasteiger partial charge is 0.259 e. The molecule has 2 N–H and O–H groups in total. The van der Waals surface area contributed by atoms with Crippen molar-refractivity contribution >= 4 is 23.2 Å². The number of ether oxygens (including phenoxy) is 1. The lowest BCUT2D eigenvalue weighted by atomic mass is 10.1. The van der Waals surface area contributed by atoms with Gasteiger partial charge in [-0.25, -0.2) is 0 Å². The SMILES string of the molecule is Cc1ccc(NC(=O)c2ccccc2NC(=O)c2ccccc2OCC(C)C)cc1C. The van der Waals surface area contributed by atoms with Crippen molar-refractivity contribution in [1.29, 1.82) is 0 Å². The van der Waals surface area contributed by atoms with Crippen LogP contribution in [0, 0.1) is 19.8 Å². The minimum absolute atomic E-state index is 0.288. The predicted octanol–water partition coefficient (Wildman–Crippen LogP) is 5.84. The van der Waals surface area contributed by atoms with Gasteiger partial charge in [0.25, 0.3) is 11.8 Å². The van der Waals surface area contributed by atoms with Gasteiger partial charge in [0.1, 0.15) is 5.75 Å². The van der Waals surface area contributed by atoms with Gasteiger partial charge in [-0.2, -0.15) is 0 Å². The molecule has 3 aromatic rings. The Balaban J connectivity index is 1.80. The molecule has 0 aromatic heterocycles. The predicted molar refractivity (Wildman–Crippen MR) is 125 cm³/mol. The van der Waals surface area contributed by atoms with Crippen LogP contribution in [0.4, 0.5) is 11.4 Å². The lowest BCUT2D eigenvalue weighted by Crippen LogP contribution is -2.19. The lowest BCUT2D eigenvalue weighted by Gasteiger charge is -2.15. The van der Waals surface area contributed by atoms with Gasteiger partial charge in [0.2, 0.25) is 0 Å². The van der Waals surface area contributed by atoms with E-state index in [1.807, 2.05) is 52.0 Å². The summed E-state index contributed by atoms with van der Waals surface area (Å²) in [5, 5.41) is 5.77. The van der Waals surface area contributed by atoms with Crippen LogP contribution < -0.4 is 15.4 Å². The Labute approximate surface area is 183 Å².